The molecule has 0 fully saturated rings. The maximum atomic E-state index is 12.3. The monoisotopic (exact) mass is 476 g/mol. The Hall–Kier alpha value is -1.65. The standard InChI is InChI=1S/C14H11Cl2IN6O/c1-22-12(11(17)5-19-22)13(24)20-14-18-7-23(21-14)6-8-9(15)3-2-4-10(8)16/h2-5,7H,6H2,1H3,(H,20,21,24). The van der Waals surface area contributed by atoms with E-state index in [1.165, 1.54) is 11.0 Å². The summed E-state index contributed by atoms with van der Waals surface area (Å²) in [6.45, 7) is 0.352. The molecule has 3 rings (SSSR count). The Morgan fingerprint density at radius 3 is 2.67 bits per heavy atom. The van der Waals surface area contributed by atoms with Crippen molar-refractivity contribution in [1.29, 1.82) is 0 Å². The Morgan fingerprint density at radius 1 is 1.33 bits per heavy atom. The van der Waals surface area contributed by atoms with Crippen molar-refractivity contribution in [2.45, 2.75) is 6.54 Å². The average Bonchev–Trinajstić information content (AvgIpc) is 3.10. The van der Waals surface area contributed by atoms with E-state index in [4.69, 9.17) is 23.2 Å². The second kappa shape index (κ2) is 7.08. The second-order valence-corrected chi connectivity index (χ2v) is 6.86. The van der Waals surface area contributed by atoms with Crippen LogP contribution < -0.4 is 5.32 Å². The lowest BCUT2D eigenvalue weighted by atomic mass is 10.2. The van der Waals surface area contributed by atoms with Gasteiger partial charge in [0.1, 0.15) is 12.0 Å². The molecule has 0 unspecified atom stereocenters. The van der Waals surface area contributed by atoms with E-state index in [9.17, 15) is 4.79 Å². The minimum Gasteiger partial charge on any atom is -0.288 e. The van der Waals surface area contributed by atoms with Crippen molar-refractivity contribution in [3.05, 3.63) is 55.6 Å². The molecule has 0 atom stereocenters. The lowest BCUT2D eigenvalue weighted by Crippen LogP contribution is -2.18. The molecule has 1 amide bonds. The summed E-state index contributed by atoms with van der Waals surface area (Å²) in [6.07, 6.45) is 3.12. The van der Waals surface area contributed by atoms with Gasteiger partial charge < -0.3 is 0 Å². The number of benzene rings is 1. The van der Waals surface area contributed by atoms with E-state index in [1.54, 1.807) is 36.1 Å². The molecule has 0 bridgehead atoms. The molecule has 0 aliphatic rings. The van der Waals surface area contributed by atoms with E-state index in [1.807, 2.05) is 22.6 Å². The van der Waals surface area contributed by atoms with E-state index in [2.05, 4.69) is 20.5 Å². The van der Waals surface area contributed by atoms with Gasteiger partial charge in [0.2, 0.25) is 5.95 Å². The third-order valence-corrected chi connectivity index (χ3v) is 4.75. The number of aromatic nitrogens is 5. The highest BCUT2D eigenvalue weighted by Gasteiger charge is 2.17. The molecule has 3 aromatic rings. The van der Waals surface area contributed by atoms with Gasteiger partial charge in [-0.1, -0.05) is 29.3 Å². The number of hydrogen-bond acceptors (Lipinski definition) is 4. The van der Waals surface area contributed by atoms with Crippen LogP contribution in [0.3, 0.4) is 0 Å². The number of halogens is 3. The van der Waals surface area contributed by atoms with Crippen LogP contribution in [0.15, 0.2) is 30.7 Å². The fourth-order valence-electron chi connectivity index (χ4n) is 2.10. The first-order valence-corrected chi connectivity index (χ1v) is 8.60. The minimum atomic E-state index is -0.326. The highest BCUT2D eigenvalue weighted by Crippen LogP contribution is 2.25. The van der Waals surface area contributed by atoms with Gasteiger partial charge in [-0.15, -0.1) is 5.10 Å². The van der Waals surface area contributed by atoms with Crippen molar-refractivity contribution in [3.8, 4) is 0 Å². The van der Waals surface area contributed by atoms with Crippen molar-refractivity contribution >= 4 is 57.6 Å². The summed E-state index contributed by atoms with van der Waals surface area (Å²) in [5, 5.41) is 12.0. The fraction of sp³-hybridized carbons (Fsp3) is 0.143. The first kappa shape index (κ1) is 17.2. The fourth-order valence-corrected chi connectivity index (χ4v) is 3.34. The summed E-state index contributed by atoms with van der Waals surface area (Å²) >= 11 is 14.3. The highest BCUT2D eigenvalue weighted by atomic mass is 127. The molecule has 1 aromatic carbocycles. The molecule has 124 valence electrons. The molecule has 1 N–H and O–H groups in total. The lowest BCUT2D eigenvalue weighted by molar-refractivity contribution is 0.101. The van der Waals surface area contributed by atoms with Gasteiger partial charge in [-0.2, -0.15) is 5.10 Å². The topological polar surface area (TPSA) is 77.6 Å². The molecule has 2 heterocycles. The van der Waals surface area contributed by atoms with Crippen molar-refractivity contribution < 1.29 is 4.79 Å². The van der Waals surface area contributed by atoms with Gasteiger partial charge in [0.25, 0.3) is 5.91 Å². The Bertz CT molecular complexity index is 867. The van der Waals surface area contributed by atoms with Crippen LogP contribution in [-0.2, 0) is 13.6 Å². The number of aryl methyl sites for hydroxylation is 1. The van der Waals surface area contributed by atoms with Gasteiger partial charge in [0, 0.05) is 22.7 Å². The summed E-state index contributed by atoms with van der Waals surface area (Å²) in [5.41, 5.74) is 1.19. The van der Waals surface area contributed by atoms with Crippen LogP contribution in [0.4, 0.5) is 5.95 Å². The molecule has 0 radical (unpaired) electrons. The van der Waals surface area contributed by atoms with Crippen LogP contribution >= 0.6 is 45.8 Å². The van der Waals surface area contributed by atoms with E-state index < -0.39 is 0 Å². The van der Waals surface area contributed by atoms with Crippen molar-refractivity contribution in [1.82, 2.24) is 24.5 Å². The molecule has 0 aliphatic carbocycles. The summed E-state index contributed by atoms with van der Waals surface area (Å²) < 4.78 is 3.80. The number of nitrogens with zero attached hydrogens (tertiary/aromatic N) is 5. The summed E-state index contributed by atoms with van der Waals surface area (Å²) in [5.74, 6) is -0.131. The normalized spacial score (nSPS) is 10.8. The molecular formula is C14H11Cl2IN6O. The molecule has 0 saturated heterocycles. The Kier molecular flexibility index (Phi) is 5.07. The average molecular weight is 477 g/mol. The molecule has 0 aliphatic heterocycles. The van der Waals surface area contributed by atoms with Crippen molar-refractivity contribution in [3.63, 3.8) is 0 Å². The van der Waals surface area contributed by atoms with E-state index in [0.717, 1.165) is 9.13 Å². The summed E-state index contributed by atoms with van der Waals surface area (Å²) in [7, 11) is 1.70. The molecule has 0 spiro atoms. The van der Waals surface area contributed by atoms with Gasteiger partial charge in [-0.05, 0) is 34.7 Å². The zero-order chi connectivity index (χ0) is 17.3. The quantitative estimate of drug-likeness (QED) is 0.586. The molecule has 2 aromatic heterocycles. The van der Waals surface area contributed by atoms with Crippen molar-refractivity contribution in [2.75, 3.05) is 5.32 Å². The van der Waals surface area contributed by atoms with Crippen LogP contribution in [0.2, 0.25) is 10.0 Å². The third kappa shape index (κ3) is 3.55. The smallest absolute Gasteiger partial charge is 0.277 e. The van der Waals surface area contributed by atoms with Gasteiger partial charge in [0.05, 0.1) is 16.3 Å². The van der Waals surface area contributed by atoms with Gasteiger partial charge >= 0.3 is 0 Å². The SMILES string of the molecule is Cn1ncc(I)c1C(=O)Nc1ncn(Cc2c(Cl)cccc2Cl)n1. The number of nitrogens with one attached hydrogen (secondary N) is 1. The van der Waals surface area contributed by atoms with Crippen LogP contribution in [0.1, 0.15) is 16.1 Å². The van der Waals surface area contributed by atoms with Gasteiger partial charge in [0.15, 0.2) is 0 Å². The second-order valence-electron chi connectivity index (χ2n) is 4.88. The molecule has 24 heavy (non-hydrogen) atoms. The summed E-state index contributed by atoms with van der Waals surface area (Å²) in [6, 6.07) is 5.29. The van der Waals surface area contributed by atoms with Gasteiger partial charge in [-0.25, -0.2) is 9.67 Å². The predicted molar refractivity (Wildman–Crippen MR) is 99.5 cm³/mol. The molecule has 10 heteroatoms. The number of anilines is 1. The number of rotatable bonds is 4. The number of amides is 1. The van der Waals surface area contributed by atoms with E-state index in [0.29, 0.717) is 22.3 Å². The van der Waals surface area contributed by atoms with Crippen molar-refractivity contribution in [2.24, 2.45) is 7.05 Å². The largest absolute Gasteiger partial charge is 0.288 e. The predicted octanol–water partition coefficient (Wildman–Crippen LogP) is 3.22. The molecule has 0 saturated carbocycles. The van der Waals surface area contributed by atoms with E-state index >= 15 is 0 Å². The maximum absolute atomic E-state index is 12.3. The van der Waals surface area contributed by atoms with E-state index in [-0.39, 0.29) is 11.9 Å². The zero-order valence-corrected chi connectivity index (χ0v) is 16.0. The zero-order valence-electron chi connectivity index (χ0n) is 12.4. The third-order valence-electron chi connectivity index (χ3n) is 3.25. The number of hydrogen-bond donors (Lipinski definition) is 1. The minimum absolute atomic E-state index is 0.195. The van der Waals surface area contributed by atoms with Crippen LogP contribution in [-0.4, -0.2) is 30.5 Å². The number of carbonyl (C=O) groups excluding carboxylic acids is 1. The highest BCUT2D eigenvalue weighted by molar-refractivity contribution is 14.1. The lowest BCUT2D eigenvalue weighted by Gasteiger charge is -2.06. The summed E-state index contributed by atoms with van der Waals surface area (Å²) in [4.78, 5) is 16.4. The van der Waals surface area contributed by atoms with Gasteiger partial charge in [-0.3, -0.25) is 14.8 Å². The Balaban J connectivity index is 1.76. The molecular weight excluding hydrogens is 466 g/mol. The maximum Gasteiger partial charge on any atom is 0.277 e. The Labute approximate surface area is 161 Å². The van der Waals surface area contributed by atoms with Crippen LogP contribution in [0, 0.1) is 3.57 Å². The molecule has 7 nitrogen and oxygen atoms in total. The first-order valence-electron chi connectivity index (χ1n) is 6.77. The Morgan fingerprint density at radius 2 is 2.04 bits per heavy atom. The first-order chi connectivity index (χ1) is 11.5. The van der Waals surface area contributed by atoms with Crippen LogP contribution in [0.25, 0.3) is 0 Å². The number of carbonyl (C=O) groups is 1. The van der Waals surface area contributed by atoms with Crippen LogP contribution in [0.5, 0.6) is 0 Å².